The predicted octanol–water partition coefficient (Wildman–Crippen LogP) is 1.95. The number of nitrogens with one attached hydrogen (secondary N) is 2. The van der Waals surface area contributed by atoms with Gasteiger partial charge in [0.25, 0.3) is 11.8 Å². The van der Waals surface area contributed by atoms with Crippen molar-refractivity contribution >= 4 is 28.8 Å². The van der Waals surface area contributed by atoms with Gasteiger partial charge in [-0.3, -0.25) is 14.6 Å². The lowest BCUT2D eigenvalue weighted by Gasteiger charge is -2.07. The SMILES string of the molecule is CCOCCCNC(=O)c1sccc1NC(=O)c1cnccn1. The minimum atomic E-state index is -0.401. The summed E-state index contributed by atoms with van der Waals surface area (Å²) in [6.07, 6.45) is 5.04. The van der Waals surface area contributed by atoms with Gasteiger partial charge in [-0.25, -0.2) is 4.98 Å². The lowest BCUT2D eigenvalue weighted by atomic mass is 10.3. The van der Waals surface area contributed by atoms with Gasteiger partial charge in [0.2, 0.25) is 0 Å². The van der Waals surface area contributed by atoms with Crippen molar-refractivity contribution in [1.82, 2.24) is 15.3 Å². The highest BCUT2D eigenvalue weighted by molar-refractivity contribution is 7.12. The van der Waals surface area contributed by atoms with Gasteiger partial charge in [-0.15, -0.1) is 11.3 Å². The first-order chi connectivity index (χ1) is 11.2. The summed E-state index contributed by atoms with van der Waals surface area (Å²) in [7, 11) is 0. The molecule has 122 valence electrons. The lowest BCUT2D eigenvalue weighted by molar-refractivity contribution is 0.0949. The molecule has 2 N–H and O–H groups in total. The Bertz CT molecular complexity index is 645. The Morgan fingerprint density at radius 2 is 2.17 bits per heavy atom. The highest BCUT2D eigenvalue weighted by atomic mass is 32.1. The fraction of sp³-hybridized carbons (Fsp3) is 0.333. The third kappa shape index (κ3) is 5.11. The lowest BCUT2D eigenvalue weighted by Crippen LogP contribution is -2.26. The van der Waals surface area contributed by atoms with Crippen molar-refractivity contribution in [3.05, 3.63) is 40.6 Å². The molecule has 0 saturated carbocycles. The maximum absolute atomic E-state index is 12.2. The number of hydrogen-bond acceptors (Lipinski definition) is 6. The highest BCUT2D eigenvalue weighted by Crippen LogP contribution is 2.22. The molecule has 0 fully saturated rings. The van der Waals surface area contributed by atoms with Crippen LogP contribution < -0.4 is 10.6 Å². The molecule has 0 spiro atoms. The van der Waals surface area contributed by atoms with Crippen molar-refractivity contribution in [2.75, 3.05) is 25.1 Å². The van der Waals surface area contributed by atoms with Gasteiger partial charge in [0, 0.05) is 32.2 Å². The van der Waals surface area contributed by atoms with E-state index in [-0.39, 0.29) is 11.6 Å². The number of carbonyl (C=O) groups is 2. The van der Waals surface area contributed by atoms with Crippen LogP contribution in [0.4, 0.5) is 5.69 Å². The number of ether oxygens (including phenoxy) is 1. The van der Waals surface area contributed by atoms with Crippen LogP contribution in [0.2, 0.25) is 0 Å². The highest BCUT2D eigenvalue weighted by Gasteiger charge is 2.16. The molecule has 0 unspecified atom stereocenters. The Morgan fingerprint density at radius 3 is 2.91 bits per heavy atom. The number of rotatable bonds is 8. The van der Waals surface area contributed by atoms with Gasteiger partial charge in [0.1, 0.15) is 10.6 Å². The number of anilines is 1. The summed E-state index contributed by atoms with van der Waals surface area (Å²) < 4.78 is 5.21. The second kappa shape index (κ2) is 8.96. The van der Waals surface area contributed by atoms with Crippen LogP contribution in [-0.4, -0.2) is 41.5 Å². The third-order valence-electron chi connectivity index (χ3n) is 2.87. The van der Waals surface area contributed by atoms with Gasteiger partial charge in [0.05, 0.1) is 11.9 Å². The van der Waals surface area contributed by atoms with Gasteiger partial charge in [-0.1, -0.05) is 0 Å². The average Bonchev–Trinajstić information content (AvgIpc) is 3.03. The second-order valence-electron chi connectivity index (χ2n) is 4.51. The summed E-state index contributed by atoms with van der Waals surface area (Å²) >= 11 is 1.27. The molecule has 0 aliphatic rings. The third-order valence-corrected chi connectivity index (χ3v) is 3.78. The second-order valence-corrected chi connectivity index (χ2v) is 5.43. The molecule has 0 radical (unpaired) electrons. The molecule has 2 heterocycles. The molecule has 8 heteroatoms. The largest absolute Gasteiger partial charge is 0.382 e. The predicted molar refractivity (Wildman–Crippen MR) is 87.7 cm³/mol. The van der Waals surface area contributed by atoms with Crippen molar-refractivity contribution in [3.8, 4) is 0 Å². The van der Waals surface area contributed by atoms with E-state index in [0.717, 1.165) is 6.42 Å². The molecule has 0 atom stereocenters. The summed E-state index contributed by atoms with van der Waals surface area (Å²) in [4.78, 5) is 32.4. The van der Waals surface area contributed by atoms with Crippen molar-refractivity contribution in [1.29, 1.82) is 0 Å². The van der Waals surface area contributed by atoms with Crippen LogP contribution >= 0.6 is 11.3 Å². The Balaban J connectivity index is 1.91. The molecule has 0 saturated heterocycles. The molecule has 0 aliphatic carbocycles. The summed E-state index contributed by atoms with van der Waals surface area (Å²) in [5, 5.41) is 7.24. The minimum absolute atomic E-state index is 0.196. The number of thiophene rings is 1. The van der Waals surface area contributed by atoms with E-state index in [9.17, 15) is 9.59 Å². The Morgan fingerprint density at radius 1 is 1.30 bits per heavy atom. The molecule has 2 aromatic rings. The summed E-state index contributed by atoms with van der Waals surface area (Å²) in [5.41, 5.74) is 0.662. The van der Waals surface area contributed by atoms with Crippen LogP contribution in [0.15, 0.2) is 30.0 Å². The van der Waals surface area contributed by atoms with Crippen LogP contribution in [0.5, 0.6) is 0 Å². The zero-order valence-corrected chi connectivity index (χ0v) is 13.6. The van der Waals surface area contributed by atoms with E-state index < -0.39 is 5.91 Å². The zero-order chi connectivity index (χ0) is 16.5. The quantitative estimate of drug-likeness (QED) is 0.720. The molecular formula is C15H18N4O3S. The number of amides is 2. The fourth-order valence-electron chi connectivity index (χ4n) is 1.79. The van der Waals surface area contributed by atoms with Crippen LogP contribution in [0.1, 0.15) is 33.5 Å². The normalized spacial score (nSPS) is 10.3. The van der Waals surface area contributed by atoms with E-state index in [0.29, 0.717) is 30.3 Å². The topological polar surface area (TPSA) is 93.2 Å². The number of hydrogen-bond donors (Lipinski definition) is 2. The average molecular weight is 334 g/mol. The number of nitrogens with zero attached hydrogens (tertiary/aromatic N) is 2. The van der Waals surface area contributed by atoms with Gasteiger partial charge >= 0.3 is 0 Å². The van der Waals surface area contributed by atoms with E-state index in [1.807, 2.05) is 6.92 Å². The van der Waals surface area contributed by atoms with Crippen molar-refractivity contribution < 1.29 is 14.3 Å². The van der Waals surface area contributed by atoms with Crippen molar-refractivity contribution in [2.45, 2.75) is 13.3 Å². The van der Waals surface area contributed by atoms with E-state index in [2.05, 4.69) is 20.6 Å². The van der Waals surface area contributed by atoms with Gasteiger partial charge in [-0.05, 0) is 24.8 Å². The van der Waals surface area contributed by atoms with Gasteiger partial charge < -0.3 is 15.4 Å². The van der Waals surface area contributed by atoms with Crippen LogP contribution in [-0.2, 0) is 4.74 Å². The number of carbonyl (C=O) groups excluding carboxylic acids is 2. The Kier molecular flexibility index (Phi) is 6.64. The summed E-state index contributed by atoms with van der Waals surface area (Å²) in [6, 6.07) is 1.69. The molecular weight excluding hydrogens is 316 g/mol. The standard InChI is InChI=1S/C15H18N4O3S/c1-2-22-8-3-5-18-15(21)13-11(4-9-23-13)19-14(20)12-10-16-6-7-17-12/h4,6-7,9-10H,2-3,5,8H2,1H3,(H,18,21)(H,19,20). The van der Waals surface area contributed by atoms with Crippen LogP contribution in [0.25, 0.3) is 0 Å². The minimum Gasteiger partial charge on any atom is -0.382 e. The first-order valence-corrected chi connectivity index (χ1v) is 8.11. The van der Waals surface area contributed by atoms with Crippen LogP contribution in [0.3, 0.4) is 0 Å². The Hall–Kier alpha value is -2.32. The molecule has 23 heavy (non-hydrogen) atoms. The van der Waals surface area contributed by atoms with E-state index in [1.165, 1.54) is 29.9 Å². The smallest absolute Gasteiger partial charge is 0.275 e. The van der Waals surface area contributed by atoms with E-state index in [1.54, 1.807) is 11.4 Å². The molecule has 0 aliphatic heterocycles. The maximum Gasteiger partial charge on any atom is 0.275 e. The van der Waals surface area contributed by atoms with E-state index in [4.69, 9.17) is 4.74 Å². The number of aromatic nitrogens is 2. The first kappa shape index (κ1) is 17.0. The summed E-state index contributed by atoms with van der Waals surface area (Å²) in [5.74, 6) is -0.618. The first-order valence-electron chi connectivity index (χ1n) is 7.23. The van der Waals surface area contributed by atoms with Gasteiger partial charge in [0.15, 0.2) is 0 Å². The molecule has 7 nitrogen and oxygen atoms in total. The van der Waals surface area contributed by atoms with Crippen molar-refractivity contribution in [2.24, 2.45) is 0 Å². The Labute approximate surface area is 138 Å². The molecule has 2 aromatic heterocycles. The monoisotopic (exact) mass is 334 g/mol. The summed E-state index contributed by atoms with van der Waals surface area (Å²) in [6.45, 7) is 3.72. The molecule has 2 rings (SSSR count). The molecule has 0 aromatic carbocycles. The maximum atomic E-state index is 12.2. The van der Waals surface area contributed by atoms with E-state index >= 15 is 0 Å². The molecule has 2 amide bonds. The molecule has 0 bridgehead atoms. The zero-order valence-electron chi connectivity index (χ0n) is 12.7. The van der Waals surface area contributed by atoms with Gasteiger partial charge in [-0.2, -0.15) is 0 Å². The fourth-order valence-corrected chi connectivity index (χ4v) is 2.55. The van der Waals surface area contributed by atoms with Crippen LogP contribution in [0, 0.1) is 0 Å². The van der Waals surface area contributed by atoms with Crippen molar-refractivity contribution in [3.63, 3.8) is 0 Å².